The van der Waals surface area contributed by atoms with Gasteiger partial charge in [-0.25, -0.2) is 4.79 Å². The number of nitrogens with one attached hydrogen (secondary N) is 1. The molecule has 0 aliphatic carbocycles. The normalized spacial score (nSPS) is 13.7. The molecule has 0 aliphatic rings. The van der Waals surface area contributed by atoms with E-state index in [0.717, 1.165) is 0 Å². The highest BCUT2D eigenvalue weighted by Crippen LogP contribution is 2.17. The summed E-state index contributed by atoms with van der Waals surface area (Å²) in [6.45, 7) is 7.98. The minimum absolute atomic E-state index is 0.0257. The third-order valence-corrected chi connectivity index (χ3v) is 2.98. The number of amides is 1. The topological polar surface area (TPSA) is 89.9 Å². The van der Waals surface area contributed by atoms with Crippen LogP contribution in [0.2, 0.25) is 0 Å². The number of likely N-dealkylation sites (N-methyl/N-ethyl adjacent to an activating group) is 1. The number of nitrogens with zero attached hydrogens (tertiary/aromatic N) is 1. The molecule has 0 aromatic carbocycles. The number of aliphatic hydroxyl groups is 1. The molecule has 0 aliphatic heterocycles. The molecular formula is C13H26N2O4. The van der Waals surface area contributed by atoms with Gasteiger partial charge < -0.3 is 20.4 Å². The third kappa shape index (κ3) is 6.02. The Labute approximate surface area is 114 Å². The molecule has 6 nitrogen and oxygen atoms in total. The quantitative estimate of drug-likeness (QED) is 0.587. The zero-order valence-electron chi connectivity index (χ0n) is 12.4. The second-order valence-electron chi connectivity index (χ2n) is 5.88. The van der Waals surface area contributed by atoms with E-state index in [9.17, 15) is 9.59 Å². The summed E-state index contributed by atoms with van der Waals surface area (Å²) in [6.07, 6.45) is 0. The van der Waals surface area contributed by atoms with Gasteiger partial charge in [-0.1, -0.05) is 13.8 Å². The lowest BCUT2D eigenvalue weighted by atomic mass is 9.90. The summed E-state index contributed by atoms with van der Waals surface area (Å²) >= 11 is 0. The molecule has 0 heterocycles. The van der Waals surface area contributed by atoms with Crippen LogP contribution in [0.1, 0.15) is 27.7 Å². The number of rotatable bonds is 8. The van der Waals surface area contributed by atoms with Crippen molar-refractivity contribution in [1.82, 2.24) is 10.2 Å². The first-order valence-corrected chi connectivity index (χ1v) is 6.45. The number of carboxylic acids is 1. The predicted octanol–water partition coefficient (Wildman–Crippen LogP) is 0.162. The number of hydrogen-bond acceptors (Lipinski definition) is 4. The van der Waals surface area contributed by atoms with Gasteiger partial charge in [0.05, 0.1) is 12.0 Å². The monoisotopic (exact) mass is 274 g/mol. The molecule has 0 bridgehead atoms. The Balaban J connectivity index is 4.65. The van der Waals surface area contributed by atoms with E-state index in [1.54, 1.807) is 27.7 Å². The van der Waals surface area contributed by atoms with E-state index in [1.807, 2.05) is 11.9 Å². The van der Waals surface area contributed by atoms with Crippen LogP contribution in [-0.4, -0.2) is 59.8 Å². The molecule has 0 spiro atoms. The maximum atomic E-state index is 12.2. The van der Waals surface area contributed by atoms with E-state index < -0.39 is 17.4 Å². The standard InChI is InChI=1S/C13H26N2O4/c1-9(2)10(11(17)18)14-12(19)13(3,4)8-15(5)6-7-16/h9-10,16H,6-8H2,1-5H3,(H,14,19)(H,17,18). The van der Waals surface area contributed by atoms with Gasteiger partial charge in [0, 0.05) is 13.1 Å². The number of aliphatic hydroxyl groups excluding tert-OH is 1. The molecule has 19 heavy (non-hydrogen) atoms. The highest BCUT2D eigenvalue weighted by molar-refractivity contribution is 5.87. The minimum Gasteiger partial charge on any atom is -0.480 e. The van der Waals surface area contributed by atoms with E-state index >= 15 is 0 Å². The largest absolute Gasteiger partial charge is 0.480 e. The van der Waals surface area contributed by atoms with Crippen molar-refractivity contribution in [1.29, 1.82) is 0 Å². The summed E-state index contributed by atoms with van der Waals surface area (Å²) in [5.74, 6) is -1.49. The second-order valence-corrected chi connectivity index (χ2v) is 5.88. The molecule has 0 aromatic heterocycles. The summed E-state index contributed by atoms with van der Waals surface area (Å²) in [4.78, 5) is 25.1. The van der Waals surface area contributed by atoms with Crippen LogP contribution in [0.15, 0.2) is 0 Å². The fraction of sp³-hybridized carbons (Fsp3) is 0.846. The van der Waals surface area contributed by atoms with Crippen molar-refractivity contribution in [2.24, 2.45) is 11.3 Å². The van der Waals surface area contributed by atoms with Crippen LogP contribution in [-0.2, 0) is 9.59 Å². The van der Waals surface area contributed by atoms with Gasteiger partial charge in [0.15, 0.2) is 0 Å². The Hall–Kier alpha value is -1.14. The molecule has 0 saturated heterocycles. The second kappa shape index (κ2) is 7.45. The van der Waals surface area contributed by atoms with Crippen molar-refractivity contribution in [3.05, 3.63) is 0 Å². The van der Waals surface area contributed by atoms with Gasteiger partial charge >= 0.3 is 5.97 Å². The van der Waals surface area contributed by atoms with Crippen molar-refractivity contribution >= 4 is 11.9 Å². The highest BCUT2D eigenvalue weighted by Gasteiger charge is 2.33. The number of hydrogen-bond donors (Lipinski definition) is 3. The fourth-order valence-corrected chi connectivity index (χ4v) is 1.85. The molecule has 0 radical (unpaired) electrons. The molecule has 1 unspecified atom stereocenters. The molecule has 0 aromatic rings. The maximum absolute atomic E-state index is 12.2. The molecule has 0 rings (SSSR count). The van der Waals surface area contributed by atoms with Gasteiger partial charge in [-0.3, -0.25) is 4.79 Å². The van der Waals surface area contributed by atoms with E-state index in [-0.39, 0.29) is 18.4 Å². The molecule has 1 atom stereocenters. The third-order valence-electron chi connectivity index (χ3n) is 2.98. The van der Waals surface area contributed by atoms with Crippen molar-refractivity contribution in [3.63, 3.8) is 0 Å². The van der Waals surface area contributed by atoms with Gasteiger partial charge in [0.25, 0.3) is 0 Å². The van der Waals surface area contributed by atoms with Crippen LogP contribution in [0.4, 0.5) is 0 Å². The molecule has 0 fully saturated rings. The lowest BCUT2D eigenvalue weighted by Gasteiger charge is -2.30. The summed E-state index contributed by atoms with van der Waals surface area (Å²) in [7, 11) is 1.81. The van der Waals surface area contributed by atoms with Gasteiger partial charge in [0.1, 0.15) is 6.04 Å². The summed E-state index contributed by atoms with van der Waals surface area (Å²) in [5, 5.41) is 20.5. The summed E-state index contributed by atoms with van der Waals surface area (Å²) < 4.78 is 0. The van der Waals surface area contributed by atoms with Gasteiger partial charge in [0.2, 0.25) is 5.91 Å². The SMILES string of the molecule is CC(C)C(NC(=O)C(C)(C)CN(C)CCO)C(=O)O. The van der Waals surface area contributed by atoms with Crippen LogP contribution >= 0.6 is 0 Å². The molecule has 112 valence electrons. The Bertz CT molecular complexity index is 316. The van der Waals surface area contributed by atoms with Gasteiger partial charge in [-0.15, -0.1) is 0 Å². The highest BCUT2D eigenvalue weighted by atomic mass is 16.4. The van der Waals surface area contributed by atoms with Crippen molar-refractivity contribution in [2.75, 3.05) is 26.7 Å². The first-order valence-electron chi connectivity index (χ1n) is 6.45. The van der Waals surface area contributed by atoms with E-state index in [4.69, 9.17) is 10.2 Å². The van der Waals surface area contributed by atoms with Crippen LogP contribution < -0.4 is 5.32 Å². The zero-order chi connectivity index (χ0) is 15.2. The number of carboxylic acid groups (broad SMARTS) is 1. The average Bonchev–Trinajstić information content (AvgIpc) is 2.23. The number of carbonyl (C=O) groups is 2. The van der Waals surface area contributed by atoms with Crippen molar-refractivity contribution in [3.8, 4) is 0 Å². The molecule has 0 saturated carbocycles. The lowest BCUT2D eigenvalue weighted by Crippen LogP contribution is -2.51. The van der Waals surface area contributed by atoms with Crippen molar-refractivity contribution in [2.45, 2.75) is 33.7 Å². The van der Waals surface area contributed by atoms with E-state index in [0.29, 0.717) is 13.1 Å². The lowest BCUT2D eigenvalue weighted by molar-refractivity contribution is -0.145. The summed E-state index contributed by atoms with van der Waals surface area (Å²) in [5.41, 5.74) is -0.716. The van der Waals surface area contributed by atoms with Crippen molar-refractivity contribution < 1.29 is 19.8 Å². The Morgan fingerprint density at radius 1 is 1.32 bits per heavy atom. The maximum Gasteiger partial charge on any atom is 0.326 e. The van der Waals surface area contributed by atoms with Gasteiger partial charge in [-0.2, -0.15) is 0 Å². The zero-order valence-corrected chi connectivity index (χ0v) is 12.4. The number of aliphatic carboxylic acids is 1. The smallest absolute Gasteiger partial charge is 0.326 e. The van der Waals surface area contributed by atoms with Crippen LogP contribution in [0.5, 0.6) is 0 Å². The van der Waals surface area contributed by atoms with Crippen LogP contribution in [0.25, 0.3) is 0 Å². The number of carbonyl (C=O) groups excluding carboxylic acids is 1. The van der Waals surface area contributed by atoms with Crippen LogP contribution in [0, 0.1) is 11.3 Å². The fourth-order valence-electron chi connectivity index (χ4n) is 1.85. The van der Waals surface area contributed by atoms with E-state index in [1.165, 1.54) is 0 Å². The molecule has 3 N–H and O–H groups in total. The Morgan fingerprint density at radius 2 is 1.84 bits per heavy atom. The van der Waals surface area contributed by atoms with Crippen LogP contribution in [0.3, 0.4) is 0 Å². The minimum atomic E-state index is -1.03. The summed E-state index contributed by atoms with van der Waals surface area (Å²) in [6, 6.07) is -0.880. The molecule has 6 heteroatoms. The molecular weight excluding hydrogens is 248 g/mol. The first-order chi connectivity index (χ1) is 8.61. The average molecular weight is 274 g/mol. The Kier molecular flexibility index (Phi) is 7.00. The molecule has 1 amide bonds. The van der Waals surface area contributed by atoms with Gasteiger partial charge in [-0.05, 0) is 26.8 Å². The predicted molar refractivity (Wildman–Crippen MR) is 72.8 cm³/mol. The van der Waals surface area contributed by atoms with E-state index in [2.05, 4.69) is 5.32 Å². The Morgan fingerprint density at radius 3 is 2.21 bits per heavy atom. The first kappa shape index (κ1) is 17.9.